The molecule has 0 amide bonds. The van der Waals surface area contributed by atoms with Crippen LogP contribution in [0.4, 0.5) is 0 Å². The van der Waals surface area contributed by atoms with Crippen molar-refractivity contribution in [2.45, 2.75) is 45.1 Å². The highest BCUT2D eigenvalue weighted by molar-refractivity contribution is 5.85. The summed E-state index contributed by atoms with van der Waals surface area (Å²) in [6.45, 7) is 6.21. The molecule has 0 saturated heterocycles. The molecule has 1 atom stereocenters. The predicted molar refractivity (Wildman–Crippen MR) is 224 cm³/mol. The lowest BCUT2D eigenvalue weighted by Crippen LogP contribution is -2.39. The van der Waals surface area contributed by atoms with Crippen molar-refractivity contribution in [3.63, 3.8) is 0 Å². The maximum Gasteiger partial charge on any atom is 0.328 e. The highest BCUT2D eigenvalue weighted by Crippen LogP contribution is 2.41. The first-order chi connectivity index (χ1) is 27.9. The maximum absolute atomic E-state index is 11.5. The molecule has 3 aromatic heterocycles. The number of benzene rings is 5. The van der Waals surface area contributed by atoms with Crippen LogP contribution in [0.15, 0.2) is 158 Å². The number of H-pyrrole nitrogens is 1. The number of aryl methyl sites for hydroxylation is 2. The molecular formula is C48H43N7O2. The Morgan fingerprint density at radius 1 is 0.737 bits per heavy atom. The van der Waals surface area contributed by atoms with Crippen molar-refractivity contribution in [3.8, 4) is 28.3 Å². The molecule has 0 saturated carbocycles. The molecule has 282 valence electrons. The summed E-state index contributed by atoms with van der Waals surface area (Å²) < 4.78 is 2.05. The van der Waals surface area contributed by atoms with Crippen LogP contribution in [0.3, 0.4) is 0 Å². The fourth-order valence-corrected chi connectivity index (χ4v) is 7.93. The van der Waals surface area contributed by atoms with Crippen molar-refractivity contribution in [2.75, 3.05) is 0 Å². The third kappa shape index (κ3) is 7.00. The number of rotatable bonds is 13. The second-order valence-electron chi connectivity index (χ2n) is 14.2. The van der Waals surface area contributed by atoms with Crippen LogP contribution in [0.2, 0.25) is 0 Å². The van der Waals surface area contributed by atoms with Gasteiger partial charge >= 0.3 is 5.97 Å². The Labute approximate surface area is 332 Å². The number of carboxylic acids is 1. The van der Waals surface area contributed by atoms with Gasteiger partial charge in [-0.1, -0.05) is 153 Å². The second-order valence-corrected chi connectivity index (χ2v) is 14.2. The molecule has 3 heterocycles. The molecule has 0 aliphatic rings. The van der Waals surface area contributed by atoms with E-state index in [0.717, 1.165) is 75.1 Å². The quantitative estimate of drug-likeness (QED) is 0.0896. The zero-order valence-electron chi connectivity index (χ0n) is 32.1. The summed E-state index contributed by atoms with van der Waals surface area (Å²) in [7, 11) is 0. The van der Waals surface area contributed by atoms with Crippen LogP contribution in [0, 0.1) is 13.8 Å². The minimum absolute atomic E-state index is 0.0372. The van der Waals surface area contributed by atoms with Crippen LogP contribution in [0.5, 0.6) is 0 Å². The normalized spacial score (nSPS) is 12.3. The lowest BCUT2D eigenvalue weighted by atomic mass is 9.77. The molecule has 57 heavy (non-hydrogen) atoms. The number of nitrogens with zero attached hydrogens (tertiary/aromatic N) is 6. The van der Waals surface area contributed by atoms with Crippen molar-refractivity contribution < 1.29 is 9.90 Å². The number of hydrogen-bond donors (Lipinski definition) is 2. The Bertz CT molecular complexity index is 2520. The lowest BCUT2D eigenvalue weighted by Gasteiger charge is -2.34. The lowest BCUT2D eigenvalue weighted by molar-refractivity contribution is -0.131. The smallest absolute Gasteiger partial charge is 0.328 e. The largest absolute Gasteiger partial charge is 0.478 e. The van der Waals surface area contributed by atoms with E-state index in [-0.39, 0.29) is 5.92 Å². The van der Waals surface area contributed by atoms with E-state index in [0.29, 0.717) is 17.3 Å². The molecule has 5 aromatic carbocycles. The predicted octanol–water partition coefficient (Wildman–Crippen LogP) is 10.0. The molecule has 2 N–H and O–H groups in total. The van der Waals surface area contributed by atoms with E-state index >= 15 is 0 Å². The van der Waals surface area contributed by atoms with Crippen LogP contribution >= 0.6 is 0 Å². The highest BCUT2D eigenvalue weighted by Gasteiger charge is 2.41. The summed E-state index contributed by atoms with van der Waals surface area (Å²) in [6, 6.07) is 51.8. The zero-order valence-corrected chi connectivity index (χ0v) is 32.1. The number of tetrazole rings is 1. The molecule has 8 aromatic rings. The van der Waals surface area contributed by atoms with Gasteiger partial charge in [-0.3, -0.25) is 0 Å². The first kappa shape index (κ1) is 36.8. The molecule has 1 unspecified atom stereocenters. The Kier molecular flexibility index (Phi) is 10.3. The summed E-state index contributed by atoms with van der Waals surface area (Å²) in [5.74, 6) is 0.943. The second kappa shape index (κ2) is 15.9. The van der Waals surface area contributed by atoms with Gasteiger partial charge in [0.2, 0.25) is 5.82 Å². The van der Waals surface area contributed by atoms with Crippen LogP contribution in [-0.4, -0.2) is 45.8 Å². The minimum atomic E-state index is -1.01. The number of aromatic nitrogens is 7. The number of nitrogens with one attached hydrogen (secondary N) is 1. The molecule has 0 spiro atoms. The van der Waals surface area contributed by atoms with E-state index in [9.17, 15) is 9.90 Å². The van der Waals surface area contributed by atoms with Crippen LogP contribution in [0.1, 0.15) is 70.8 Å². The van der Waals surface area contributed by atoms with E-state index in [2.05, 4.69) is 83.2 Å². The summed E-state index contributed by atoms with van der Waals surface area (Å²) in [6.07, 6.45) is 4.52. The highest BCUT2D eigenvalue weighted by atomic mass is 16.4. The summed E-state index contributed by atoms with van der Waals surface area (Å²) in [5.41, 5.74) is 8.84. The van der Waals surface area contributed by atoms with Gasteiger partial charge in [0.25, 0.3) is 0 Å². The number of aromatic amines is 1. The van der Waals surface area contributed by atoms with Gasteiger partial charge in [-0.15, -0.1) is 15.0 Å². The molecule has 0 radical (unpaired) electrons. The Morgan fingerprint density at radius 3 is 1.82 bits per heavy atom. The molecule has 0 bridgehead atoms. The summed E-state index contributed by atoms with van der Waals surface area (Å²) in [5, 5.41) is 24.1. The van der Waals surface area contributed by atoms with Crippen molar-refractivity contribution in [3.05, 3.63) is 203 Å². The Balaban J connectivity index is 1.18. The molecule has 9 nitrogen and oxygen atoms in total. The Hall–Kier alpha value is -7.13. The standard InChI is InChI=1S/C48H43N7O2/c1-4-16-41(45-49-43(31-32-44(56)57)47(50-45)54-33(2)25-26-34(54)3)36-29-27-35(28-30-36)40-23-14-15-24-42(40)46-51-53-55(52-46)48(37-17-8-5-9-18-37,38-19-10-6-11-20-38)39-21-12-7-13-22-39/h5-15,17-32,41H,4,16H2,1-3H3,(H,49,50)(H,56,57)/b32-31+. The number of imidazole rings is 1. The summed E-state index contributed by atoms with van der Waals surface area (Å²) in [4.78, 5) is 21.9. The summed E-state index contributed by atoms with van der Waals surface area (Å²) >= 11 is 0. The minimum Gasteiger partial charge on any atom is -0.478 e. The molecule has 9 heteroatoms. The number of carboxylic acid groups (broad SMARTS) is 1. The molecule has 0 aliphatic carbocycles. The van der Waals surface area contributed by atoms with E-state index in [4.69, 9.17) is 20.4 Å². The SMILES string of the molecule is CCCC(c1ccc(-c2ccccc2-c2nnn(C(c3ccccc3)(c3ccccc3)c3ccccc3)n2)cc1)c1nc(-n2c(C)ccc2C)c(/C=C/C(=O)O)[nH]1. The van der Waals surface area contributed by atoms with E-state index in [1.54, 1.807) is 10.9 Å². The Morgan fingerprint density at radius 2 is 1.28 bits per heavy atom. The maximum atomic E-state index is 11.5. The third-order valence-corrected chi connectivity index (χ3v) is 10.6. The van der Waals surface area contributed by atoms with Crippen molar-refractivity contribution in [1.29, 1.82) is 0 Å². The van der Waals surface area contributed by atoms with E-state index in [1.165, 1.54) is 0 Å². The topological polar surface area (TPSA) is 115 Å². The number of aliphatic carboxylic acids is 1. The van der Waals surface area contributed by atoms with Crippen molar-refractivity contribution >= 4 is 12.0 Å². The van der Waals surface area contributed by atoms with Crippen LogP contribution in [0.25, 0.3) is 34.4 Å². The zero-order chi connectivity index (χ0) is 39.4. The first-order valence-electron chi connectivity index (χ1n) is 19.2. The average molecular weight is 750 g/mol. The van der Waals surface area contributed by atoms with Gasteiger partial charge in [0, 0.05) is 28.9 Å². The van der Waals surface area contributed by atoms with Crippen molar-refractivity contribution in [1.82, 2.24) is 34.7 Å². The molecule has 0 fully saturated rings. The molecular weight excluding hydrogens is 707 g/mol. The molecule has 0 aliphatic heterocycles. The van der Waals surface area contributed by atoms with Gasteiger partial charge in [0.05, 0.1) is 5.69 Å². The first-order valence-corrected chi connectivity index (χ1v) is 19.2. The number of carbonyl (C=O) groups is 1. The van der Waals surface area contributed by atoms with Gasteiger partial charge in [-0.05, 0) is 77.1 Å². The monoisotopic (exact) mass is 749 g/mol. The van der Waals surface area contributed by atoms with Gasteiger partial charge < -0.3 is 14.7 Å². The molecule has 8 rings (SSSR count). The van der Waals surface area contributed by atoms with Crippen LogP contribution < -0.4 is 0 Å². The van der Waals surface area contributed by atoms with Gasteiger partial charge in [-0.2, -0.15) is 0 Å². The van der Waals surface area contributed by atoms with Gasteiger partial charge in [-0.25, -0.2) is 9.78 Å². The fourth-order valence-electron chi connectivity index (χ4n) is 7.93. The number of hydrogen-bond acceptors (Lipinski definition) is 5. The van der Waals surface area contributed by atoms with E-state index < -0.39 is 11.5 Å². The van der Waals surface area contributed by atoms with Crippen LogP contribution in [-0.2, 0) is 10.3 Å². The van der Waals surface area contributed by atoms with Crippen molar-refractivity contribution in [2.24, 2.45) is 0 Å². The van der Waals surface area contributed by atoms with E-state index in [1.807, 2.05) is 98.8 Å². The third-order valence-electron chi connectivity index (χ3n) is 10.6. The van der Waals surface area contributed by atoms with Gasteiger partial charge in [0.1, 0.15) is 5.82 Å². The van der Waals surface area contributed by atoms with Gasteiger partial charge in [0.15, 0.2) is 11.4 Å². The fraction of sp³-hybridized carbons (Fsp3) is 0.146. The average Bonchev–Trinajstić information content (AvgIpc) is 3.99.